The van der Waals surface area contributed by atoms with Crippen molar-refractivity contribution in [1.82, 2.24) is 4.90 Å². The molecule has 0 atom stereocenters. The van der Waals surface area contributed by atoms with Crippen LogP contribution in [-0.4, -0.2) is 38.3 Å². The lowest BCUT2D eigenvalue weighted by Gasteiger charge is -2.15. The van der Waals surface area contributed by atoms with Gasteiger partial charge in [-0.05, 0) is 19.6 Å². The SMILES string of the molecule is [3H][Si]([3H])([3H])CCN(CC)CC. The van der Waals surface area contributed by atoms with E-state index in [9.17, 15) is 0 Å². The fraction of sp³-hybridized carbons (Fsp3) is 1.00. The van der Waals surface area contributed by atoms with Gasteiger partial charge in [0, 0.05) is 13.7 Å². The molecule has 0 radical (unpaired) electrons. The molecule has 2 heteroatoms. The van der Waals surface area contributed by atoms with Gasteiger partial charge in [0.1, 0.15) is 0 Å². The molecule has 0 aromatic carbocycles. The average molecular weight is 137 g/mol. The van der Waals surface area contributed by atoms with E-state index in [-0.39, 0.29) is 0 Å². The number of nitrogens with zero attached hydrogens (tertiary/aromatic N) is 1. The minimum atomic E-state index is -3.04. The Bertz CT molecular complexity index is 100. The van der Waals surface area contributed by atoms with Gasteiger partial charge in [-0.15, -0.1) is 0 Å². The molecule has 50 valence electrons. The Morgan fingerprint density at radius 2 is 2.12 bits per heavy atom. The normalized spacial score (nSPS) is 17.6. The number of hydrogen-bond acceptors (Lipinski definition) is 1. The van der Waals surface area contributed by atoms with Crippen molar-refractivity contribution in [2.75, 3.05) is 19.6 Å². The summed E-state index contributed by atoms with van der Waals surface area (Å²) in [6, 6.07) is 0.439. The summed E-state index contributed by atoms with van der Waals surface area (Å²) in [7, 11) is -3.04. The van der Waals surface area contributed by atoms with Gasteiger partial charge in [0.2, 0.25) is 0 Å². The van der Waals surface area contributed by atoms with Gasteiger partial charge in [0.05, 0.1) is 0 Å². The zero-order valence-corrected chi connectivity index (χ0v) is 6.78. The second-order valence-electron chi connectivity index (χ2n) is 1.78. The van der Waals surface area contributed by atoms with Gasteiger partial charge >= 0.3 is 0 Å². The van der Waals surface area contributed by atoms with Crippen molar-refractivity contribution in [3.05, 3.63) is 0 Å². The summed E-state index contributed by atoms with van der Waals surface area (Å²) in [5.74, 6) is 0. The Balaban J connectivity index is 3.51. The summed E-state index contributed by atoms with van der Waals surface area (Å²) in [5, 5.41) is 0. The van der Waals surface area contributed by atoms with Crippen LogP contribution in [0.15, 0.2) is 0 Å². The van der Waals surface area contributed by atoms with Crippen LogP contribution >= 0.6 is 0 Å². The molecule has 0 bridgehead atoms. The molecule has 0 saturated heterocycles. The van der Waals surface area contributed by atoms with Crippen LogP contribution in [0.5, 0.6) is 0 Å². The molecule has 0 amide bonds. The van der Waals surface area contributed by atoms with Gasteiger partial charge in [0.25, 0.3) is 0 Å². The maximum atomic E-state index is 7.12. The summed E-state index contributed by atoms with van der Waals surface area (Å²) in [5.41, 5.74) is 0. The highest BCUT2D eigenvalue weighted by molar-refractivity contribution is 6.08. The highest BCUT2D eigenvalue weighted by Crippen LogP contribution is 1.86. The van der Waals surface area contributed by atoms with Crippen molar-refractivity contribution < 1.29 is 0 Å². The number of rotatable bonds is 5. The monoisotopic (exact) mass is 137 g/mol. The lowest BCUT2D eigenvalue weighted by atomic mass is 10.5. The molecule has 0 aliphatic rings. The fourth-order valence-electron chi connectivity index (χ4n) is 0.698. The molecule has 1 nitrogen and oxygen atoms in total. The molecule has 0 aromatic rings. The van der Waals surface area contributed by atoms with Crippen LogP contribution < -0.4 is 0 Å². The van der Waals surface area contributed by atoms with Crippen LogP contribution in [0.25, 0.3) is 0 Å². The molecule has 0 rings (SSSR count). The van der Waals surface area contributed by atoms with Crippen LogP contribution in [0.1, 0.15) is 13.8 Å². The van der Waals surface area contributed by atoms with Gasteiger partial charge in [0.15, 0.2) is 0 Å². The van der Waals surface area contributed by atoms with Crippen LogP contribution in [-0.2, 0) is 0 Å². The molecule has 0 aromatic heterocycles. The van der Waals surface area contributed by atoms with E-state index < -0.39 is 10.0 Å². The van der Waals surface area contributed by atoms with Crippen molar-refractivity contribution in [3.63, 3.8) is 0 Å². The smallest absolute Gasteiger partial charge is 0.00734 e. The van der Waals surface area contributed by atoms with Crippen molar-refractivity contribution in [2.45, 2.75) is 19.9 Å². The van der Waals surface area contributed by atoms with E-state index in [1.165, 1.54) is 0 Å². The minimum absolute atomic E-state index is 0.439. The third-order valence-corrected chi connectivity index (χ3v) is 1.55. The third kappa shape index (κ3) is 3.21. The van der Waals surface area contributed by atoms with Crippen LogP contribution in [0.2, 0.25) is 6.04 Å². The second-order valence-corrected chi connectivity index (χ2v) is 2.28. The van der Waals surface area contributed by atoms with E-state index >= 15 is 0 Å². The van der Waals surface area contributed by atoms with Crippen molar-refractivity contribution >= 4 is 10.0 Å². The first-order valence-corrected chi connectivity index (χ1v) is 3.92. The number of hydrogen-bond donors (Lipinski definition) is 0. The lowest BCUT2D eigenvalue weighted by Crippen LogP contribution is -2.23. The molecule has 0 aliphatic heterocycles. The summed E-state index contributed by atoms with van der Waals surface area (Å²) in [6.07, 6.45) is 0. The van der Waals surface area contributed by atoms with Gasteiger partial charge in [-0.25, -0.2) is 0 Å². The summed E-state index contributed by atoms with van der Waals surface area (Å²) in [4.78, 5) is 2.15. The van der Waals surface area contributed by atoms with E-state index in [1.54, 1.807) is 0 Å². The quantitative estimate of drug-likeness (QED) is 0.486. The van der Waals surface area contributed by atoms with Crippen molar-refractivity contribution in [1.29, 1.82) is 3.70 Å². The van der Waals surface area contributed by atoms with Crippen molar-refractivity contribution in [2.24, 2.45) is 0 Å². The molecule has 0 N–H and O–H groups in total. The van der Waals surface area contributed by atoms with Gasteiger partial charge in [-0.1, -0.05) is 19.9 Å². The fourth-order valence-corrected chi connectivity index (χ4v) is 1.01. The Hall–Kier alpha value is 0.177. The summed E-state index contributed by atoms with van der Waals surface area (Å²) >= 11 is 0. The maximum absolute atomic E-state index is 7.12. The largest absolute Gasteiger partial charge is 0.304 e. The average Bonchev–Trinajstić information content (AvgIpc) is 1.88. The topological polar surface area (TPSA) is 3.24 Å². The molecule has 8 heavy (non-hydrogen) atoms. The third-order valence-electron chi connectivity index (χ3n) is 1.32. The second kappa shape index (κ2) is 5.32. The highest BCUT2D eigenvalue weighted by atomic mass is 28.1. The van der Waals surface area contributed by atoms with Crippen LogP contribution in [0, 0.1) is 0 Å². The van der Waals surface area contributed by atoms with E-state index in [1.807, 2.05) is 0 Å². The predicted octanol–water partition coefficient (Wildman–Crippen LogP) is 0.112. The van der Waals surface area contributed by atoms with E-state index in [4.69, 9.17) is 3.70 Å². The van der Waals surface area contributed by atoms with Crippen LogP contribution in [0.3, 0.4) is 0 Å². The van der Waals surface area contributed by atoms with E-state index in [0.717, 1.165) is 19.6 Å². The molecule has 0 saturated carbocycles. The Kier molecular flexibility index (Phi) is 2.70. The molecular weight excluding hydrogens is 114 g/mol. The Morgan fingerprint density at radius 1 is 1.50 bits per heavy atom. The molecule has 0 unspecified atom stereocenters. The minimum Gasteiger partial charge on any atom is -0.304 e. The standard InChI is InChI=1S/C6H17NSi/c1-3-7(4-2)5-6-8/h3-6H2,1-2,8H3/i8T3. The predicted molar refractivity (Wildman–Crippen MR) is 42.5 cm³/mol. The summed E-state index contributed by atoms with van der Waals surface area (Å²) < 4.78 is 21.4. The van der Waals surface area contributed by atoms with Gasteiger partial charge in [-0.2, -0.15) is 0 Å². The highest BCUT2D eigenvalue weighted by Gasteiger charge is 1.92. The maximum Gasteiger partial charge on any atom is 0.00734 e. The molecule has 0 heterocycles. The van der Waals surface area contributed by atoms with E-state index in [0.29, 0.717) is 6.04 Å². The summed E-state index contributed by atoms with van der Waals surface area (Å²) in [6.45, 7) is 6.78. The first-order valence-electron chi connectivity index (χ1n) is 4.72. The van der Waals surface area contributed by atoms with Crippen LogP contribution in [0.4, 0.5) is 0 Å². The zero-order chi connectivity index (χ0) is 8.91. The molecule has 0 fully saturated rings. The van der Waals surface area contributed by atoms with E-state index in [2.05, 4.69) is 18.7 Å². The molecule has 0 spiro atoms. The molecular formula is C6H17NSi. The zero-order valence-electron chi connectivity index (χ0n) is 8.78. The lowest BCUT2D eigenvalue weighted by molar-refractivity contribution is 0.321. The first-order chi connectivity index (χ1) is 4.99. The Morgan fingerprint density at radius 3 is 2.50 bits per heavy atom. The van der Waals surface area contributed by atoms with Gasteiger partial charge < -0.3 is 4.90 Å². The molecule has 0 aliphatic carbocycles. The first kappa shape index (κ1) is 4.07. The van der Waals surface area contributed by atoms with Crippen molar-refractivity contribution in [3.8, 4) is 0 Å². The Labute approximate surface area is 59.2 Å². The van der Waals surface area contributed by atoms with Gasteiger partial charge in [-0.3, -0.25) is 0 Å².